The molecule has 0 aromatic rings. The van der Waals surface area contributed by atoms with E-state index >= 15 is 0 Å². The molecule has 2 aliphatic carbocycles. The van der Waals surface area contributed by atoms with E-state index in [1.807, 2.05) is 16.7 Å². The van der Waals surface area contributed by atoms with Crippen LogP contribution < -0.4 is 0 Å². The molecule has 3 rings (SSSR count). The van der Waals surface area contributed by atoms with Crippen molar-refractivity contribution in [2.24, 2.45) is 11.8 Å². The van der Waals surface area contributed by atoms with E-state index in [0.717, 1.165) is 25.3 Å². The average molecular weight is 297 g/mol. The fourth-order valence-corrected chi connectivity index (χ4v) is 5.43. The van der Waals surface area contributed by atoms with Crippen molar-refractivity contribution in [1.29, 1.82) is 0 Å². The highest BCUT2D eigenvalue weighted by molar-refractivity contribution is 8.00. The maximum atomic E-state index is 12.6. The zero-order valence-electron chi connectivity index (χ0n) is 11.8. The summed E-state index contributed by atoms with van der Waals surface area (Å²) in [6.45, 7) is 1.65. The zero-order valence-corrected chi connectivity index (χ0v) is 12.7. The van der Waals surface area contributed by atoms with Gasteiger partial charge in [-0.2, -0.15) is 11.8 Å². The molecule has 0 bridgehead atoms. The molecule has 1 aliphatic heterocycles. The summed E-state index contributed by atoms with van der Waals surface area (Å²) in [6, 6.07) is 0. The minimum atomic E-state index is -0.798. The Labute approximate surface area is 124 Å². The quantitative estimate of drug-likeness (QED) is 0.850. The van der Waals surface area contributed by atoms with Crippen LogP contribution in [0.5, 0.6) is 0 Å². The van der Waals surface area contributed by atoms with Gasteiger partial charge in [-0.1, -0.05) is 19.3 Å². The van der Waals surface area contributed by atoms with Crippen LogP contribution in [-0.4, -0.2) is 45.5 Å². The van der Waals surface area contributed by atoms with Gasteiger partial charge in [-0.3, -0.25) is 9.59 Å². The molecule has 1 heterocycles. The second kappa shape index (κ2) is 5.58. The molecule has 2 atom stereocenters. The molecule has 2 unspecified atom stereocenters. The predicted molar refractivity (Wildman–Crippen MR) is 78.7 cm³/mol. The first-order chi connectivity index (χ1) is 9.61. The van der Waals surface area contributed by atoms with Crippen molar-refractivity contribution in [3.8, 4) is 0 Å². The summed E-state index contributed by atoms with van der Waals surface area (Å²) in [6.07, 6.45) is 7.72. The molecule has 3 fully saturated rings. The molecule has 0 radical (unpaired) electrons. The Morgan fingerprint density at radius 3 is 2.40 bits per heavy atom. The number of nitrogens with zero attached hydrogens (tertiary/aromatic N) is 1. The van der Waals surface area contributed by atoms with Crippen molar-refractivity contribution >= 4 is 23.6 Å². The molecule has 3 aliphatic rings. The fraction of sp³-hybridized carbons (Fsp3) is 0.867. The summed E-state index contributed by atoms with van der Waals surface area (Å²) >= 11 is 2.04. The Hall–Kier alpha value is -0.710. The van der Waals surface area contributed by atoms with Gasteiger partial charge < -0.3 is 10.0 Å². The third kappa shape index (κ3) is 2.57. The lowest BCUT2D eigenvalue weighted by molar-refractivity contribution is -0.156. The molecule has 0 aromatic heterocycles. The number of rotatable bonds is 2. The number of aliphatic carboxylic acids is 1. The molecule has 4 nitrogen and oxygen atoms in total. The summed E-state index contributed by atoms with van der Waals surface area (Å²) in [7, 11) is 0. The summed E-state index contributed by atoms with van der Waals surface area (Å²) in [5.74, 6) is -0.367. The fourth-order valence-electron chi connectivity index (χ4n) is 3.86. The largest absolute Gasteiger partial charge is 0.481 e. The standard InChI is InChI=1S/C15H23NO3S/c17-13(11-4-5-12(11)14(18)19)16-8-9-20-15(10-16)6-2-1-3-7-15/h11-12H,1-10H2,(H,18,19). The minimum absolute atomic E-state index is 0.105. The third-order valence-corrected chi connectivity index (χ3v) is 6.77. The van der Waals surface area contributed by atoms with Gasteiger partial charge in [-0.05, 0) is 25.7 Å². The van der Waals surface area contributed by atoms with E-state index in [9.17, 15) is 9.59 Å². The molecule has 112 valence electrons. The maximum absolute atomic E-state index is 12.6. The Bertz CT molecular complexity index is 400. The van der Waals surface area contributed by atoms with Crippen LogP contribution in [0.2, 0.25) is 0 Å². The molecular weight excluding hydrogens is 274 g/mol. The van der Waals surface area contributed by atoms with Crippen molar-refractivity contribution in [3.05, 3.63) is 0 Å². The highest BCUT2D eigenvalue weighted by Gasteiger charge is 2.46. The van der Waals surface area contributed by atoms with E-state index in [1.54, 1.807) is 0 Å². The highest BCUT2D eigenvalue weighted by Crippen LogP contribution is 2.44. The van der Waals surface area contributed by atoms with Crippen molar-refractivity contribution in [2.45, 2.75) is 49.7 Å². The first-order valence-corrected chi connectivity index (χ1v) is 8.75. The van der Waals surface area contributed by atoms with Crippen molar-refractivity contribution in [1.82, 2.24) is 4.90 Å². The Morgan fingerprint density at radius 2 is 1.80 bits per heavy atom. The van der Waals surface area contributed by atoms with Crippen molar-refractivity contribution in [3.63, 3.8) is 0 Å². The molecule has 1 saturated heterocycles. The number of carboxylic acid groups (broad SMARTS) is 1. The molecular formula is C15H23NO3S. The number of hydrogen-bond acceptors (Lipinski definition) is 3. The van der Waals surface area contributed by atoms with Crippen molar-refractivity contribution < 1.29 is 14.7 Å². The van der Waals surface area contributed by atoms with Gasteiger partial charge in [0.25, 0.3) is 0 Å². The van der Waals surface area contributed by atoms with Crippen LogP contribution in [0, 0.1) is 11.8 Å². The summed E-state index contributed by atoms with van der Waals surface area (Å²) in [5.41, 5.74) is 0. The second-order valence-electron chi connectivity index (χ2n) is 6.48. The normalized spacial score (nSPS) is 32.7. The van der Waals surface area contributed by atoms with Crippen LogP contribution in [-0.2, 0) is 9.59 Å². The first kappa shape index (κ1) is 14.2. The number of hydrogen-bond donors (Lipinski definition) is 1. The van der Waals surface area contributed by atoms with Gasteiger partial charge in [-0.25, -0.2) is 0 Å². The first-order valence-electron chi connectivity index (χ1n) is 7.77. The molecule has 1 spiro atoms. The van der Waals surface area contributed by atoms with Crippen LogP contribution in [0.1, 0.15) is 44.9 Å². The maximum Gasteiger partial charge on any atom is 0.307 e. The van der Waals surface area contributed by atoms with Gasteiger partial charge in [0.2, 0.25) is 5.91 Å². The number of thioether (sulfide) groups is 1. The van der Waals surface area contributed by atoms with E-state index in [2.05, 4.69) is 0 Å². The van der Waals surface area contributed by atoms with E-state index in [1.165, 1.54) is 32.1 Å². The van der Waals surface area contributed by atoms with Crippen LogP contribution in [0.4, 0.5) is 0 Å². The van der Waals surface area contributed by atoms with E-state index in [0.29, 0.717) is 6.42 Å². The molecule has 0 aromatic carbocycles. The molecule has 1 N–H and O–H groups in total. The average Bonchev–Trinajstić information content (AvgIpc) is 2.37. The van der Waals surface area contributed by atoms with Crippen LogP contribution >= 0.6 is 11.8 Å². The number of carboxylic acids is 1. The van der Waals surface area contributed by atoms with E-state index < -0.39 is 11.9 Å². The van der Waals surface area contributed by atoms with Crippen LogP contribution in [0.25, 0.3) is 0 Å². The lowest BCUT2D eigenvalue weighted by Gasteiger charge is -2.46. The van der Waals surface area contributed by atoms with Gasteiger partial charge >= 0.3 is 5.97 Å². The van der Waals surface area contributed by atoms with E-state index in [4.69, 9.17) is 5.11 Å². The number of carbonyl (C=O) groups excluding carboxylic acids is 1. The summed E-state index contributed by atoms with van der Waals surface area (Å²) < 4.78 is 0.272. The summed E-state index contributed by atoms with van der Waals surface area (Å²) in [4.78, 5) is 25.6. The zero-order chi connectivity index (χ0) is 14.2. The molecule has 5 heteroatoms. The monoisotopic (exact) mass is 297 g/mol. The lowest BCUT2D eigenvalue weighted by Crippen LogP contribution is -2.54. The number of amides is 1. The van der Waals surface area contributed by atoms with Gasteiger partial charge in [-0.15, -0.1) is 0 Å². The number of carbonyl (C=O) groups is 2. The molecule has 1 amide bonds. The van der Waals surface area contributed by atoms with Crippen molar-refractivity contribution in [2.75, 3.05) is 18.8 Å². The van der Waals surface area contributed by atoms with Crippen LogP contribution in [0.15, 0.2) is 0 Å². The topological polar surface area (TPSA) is 57.6 Å². The third-order valence-electron chi connectivity index (χ3n) is 5.23. The molecule has 2 saturated carbocycles. The van der Waals surface area contributed by atoms with Gasteiger partial charge in [0.15, 0.2) is 0 Å². The minimum Gasteiger partial charge on any atom is -0.481 e. The second-order valence-corrected chi connectivity index (χ2v) is 8.04. The smallest absolute Gasteiger partial charge is 0.307 e. The Morgan fingerprint density at radius 1 is 1.10 bits per heavy atom. The highest BCUT2D eigenvalue weighted by atomic mass is 32.2. The molecule has 20 heavy (non-hydrogen) atoms. The Balaban J connectivity index is 1.64. The van der Waals surface area contributed by atoms with Gasteiger partial charge in [0.05, 0.1) is 11.8 Å². The van der Waals surface area contributed by atoms with Crippen LogP contribution in [0.3, 0.4) is 0 Å². The Kier molecular flexibility index (Phi) is 3.98. The SMILES string of the molecule is O=C(O)C1CCC1C(=O)N1CCSC2(CCCCC2)C1. The van der Waals surface area contributed by atoms with E-state index in [-0.39, 0.29) is 16.6 Å². The van der Waals surface area contributed by atoms with Gasteiger partial charge in [0, 0.05) is 23.6 Å². The lowest BCUT2D eigenvalue weighted by atomic mass is 9.72. The van der Waals surface area contributed by atoms with Gasteiger partial charge in [0.1, 0.15) is 0 Å². The predicted octanol–water partition coefficient (Wildman–Crippen LogP) is 2.38. The summed E-state index contributed by atoms with van der Waals surface area (Å²) in [5, 5.41) is 9.12.